The van der Waals surface area contributed by atoms with Crippen LogP contribution < -0.4 is 0 Å². The number of methoxy groups -OCH3 is 1. The summed E-state index contributed by atoms with van der Waals surface area (Å²) in [5.41, 5.74) is 2.56. The van der Waals surface area contributed by atoms with Gasteiger partial charge in [-0.15, -0.1) is 0 Å². The molecule has 0 aromatic heterocycles. The highest BCUT2D eigenvalue weighted by Crippen LogP contribution is 2.70. The van der Waals surface area contributed by atoms with Crippen molar-refractivity contribution in [3.05, 3.63) is 11.6 Å². The molecule has 0 aromatic carbocycles. The average Bonchev–Trinajstić information content (AvgIpc) is 3.20. The van der Waals surface area contributed by atoms with Crippen LogP contribution in [0.1, 0.15) is 85.5 Å². The van der Waals surface area contributed by atoms with E-state index in [4.69, 9.17) is 14.2 Å². The molecular formula is C28H44O3. The average molecular weight is 429 g/mol. The predicted octanol–water partition coefficient (Wildman–Crippen LogP) is 6.37. The zero-order valence-corrected chi connectivity index (χ0v) is 20.5. The first-order valence-corrected chi connectivity index (χ1v) is 13.3. The topological polar surface area (TPSA) is 27.7 Å². The first-order valence-electron chi connectivity index (χ1n) is 13.3. The van der Waals surface area contributed by atoms with Gasteiger partial charge in [0.25, 0.3) is 0 Å². The van der Waals surface area contributed by atoms with E-state index in [1.807, 2.05) is 7.11 Å². The molecule has 3 saturated carbocycles. The van der Waals surface area contributed by atoms with Gasteiger partial charge in [0.15, 0.2) is 5.79 Å². The molecule has 2 heterocycles. The van der Waals surface area contributed by atoms with E-state index < -0.39 is 0 Å². The molecule has 0 unspecified atom stereocenters. The Labute approximate surface area is 189 Å². The second-order valence-corrected chi connectivity index (χ2v) is 12.9. The minimum absolute atomic E-state index is 0.281. The molecule has 4 aliphatic carbocycles. The van der Waals surface area contributed by atoms with Crippen molar-refractivity contribution in [1.29, 1.82) is 0 Å². The van der Waals surface area contributed by atoms with Crippen molar-refractivity contribution in [2.75, 3.05) is 13.7 Å². The quantitative estimate of drug-likeness (QED) is 0.454. The Kier molecular flexibility index (Phi) is 4.82. The molecule has 3 nitrogen and oxygen atoms in total. The number of hydrogen-bond acceptors (Lipinski definition) is 3. The monoisotopic (exact) mass is 428 g/mol. The lowest BCUT2D eigenvalue weighted by Crippen LogP contribution is -2.52. The van der Waals surface area contributed by atoms with Gasteiger partial charge in [-0.25, -0.2) is 0 Å². The summed E-state index contributed by atoms with van der Waals surface area (Å²) in [6.45, 7) is 10.9. The van der Waals surface area contributed by atoms with Crippen molar-refractivity contribution in [3.8, 4) is 0 Å². The third-order valence-electron chi connectivity index (χ3n) is 11.7. The van der Waals surface area contributed by atoms with E-state index >= 15 is 0 Å². The summed E-state index contributed by atoms with van der Waals surface area (Å²) in [5.74, 6) is 4.12. The summed E-state index contributed by atoms with van der Waals surface area (Å²) in [7, 11) is 1.90. The van der Waals surface area contributed by atoms with Gasteiger partial charge in [0, 0.05) is 19.4 Å². The first kappa shape index (κ1) is 21.2. The zero-order valence-electron chi connectivity index (χ0n) is 20.5. The molecule has 5 fully saturated rings. The summed E-state index contributed by atoms with van der Waals surface area (Å²) in [5, 5.41) is 0. The number of fused-ring (bicyclic) bond motifs is 7. The number of allylic oxidation sites excluding steroid dienone is 1. The van der Waals surface area contributed by atoms with Crippen LogP contribution in [-0.4, -0.2) is 31.7 Å². The van der Waals surface area contributed by atoms with Crippen LogP contribution in [0, 0.1) is 46.3 Å². The van der Waals surface area contributed by atoms with Gasteiger partial charge in [-0.2, -0.15) is 0 Å². The van der Waals surface area contributed by atoms with E-state index in [0.29, 0.717) is 40.8 Å². The van der Waals surface area contributed by atoms with Crippen molar-refractivity contribution in [2.45, 2.75) is 103 Å². The van der Waals surface area contributed by atoms with Gasteiger partial charge in [-0.3, -0.25) is 0 Å². The highest BCUT2D eigenvalue weighted by atomic mass is 16.7. The minimum Gasteiger partial charge on any atom is -0.381 e. The Morgan fingerprint density at radius 1 is 1.03 bits per heavy atom. The van der Waals surface area contributed by atoms with Crippen LogP contribution in [0.25, 0.3) is 0 Å². The van der Waals surface area contributed by atoms with Crippen molar-refractivity contribution in [2.24, 2.45) is 46.3 Å². The fourth-order valence-electron chi connectivity index (χ4n) is 9.85. The molecule has 0 radical (unpaired) electrons. The second-order valence-electron chi connectivity index (χ2n) is 12.9. The molecule has 0 bridgehead atoms. The van der Waals surface area contributed by atoms with Crippen molar-refractivity contribution < 1.29 is 14.2 Å². The van der Waals surface area contributed by atoms with Gasteiger partial charge < -0.3 is 14.2 Å². The van der Waals surface area contributed by atoms with E-state index in [2.05, 4.69) is 33.8 Å². The minimum atomic E-state index is -0.281. The lowest BCUT2D eigenvalue weighted by Gasteiger charge is -2.58. The van der Waals surface area contributed by atoms with Crippen LogP contribution in [0.3, 0.4) is 0 Å². The summed E-state index contributed by atoms with van der Waals surface area (Å²) >= 11 is 0. The van der Waals surface area contributed by atoms with E-state index in [1.165, 1.54) is 51.4 Å². The van der Waals surface area contributed by atoms with Gasteiger partial charge in [-0.05, 0) is 91.8 Å². The maximum absolute atomic E-state index is 6.92. The highest BCUT2D eigenvalue weighted by molar-refractivity contribution is 5.26. The molecule has 31 heavy (non-hydrogen) atoms. The Hall–Kier alpha value is -0.380. The third-order valence-corrected chi connectivity index (χ3v) is 11.7. The summed E-state index contributed by atoms with van der Waals surface area (Å²) in [4.78, 5) is 0. The van der Waals surface area contributed by atoms with Crippen LogP contribution in [0.15, 0.2) is 11.6 Å². The van der Waals surface area contributed by atoms with Gasteiger partial charge in [-0.1, -0.05) is 39.3 Å². The molecule has 2 saturated heterocycles. The maximum atomic E-state index is 6.92. The van der Waals surface area contributed by atoms with Crippen LogP contribution in [-0.2, 0) is 14.2 Å². The van der Waals surface area contributed by atoms with E-state index in [1.54, 1.807) is 5.57 Å². The van der Waals surface area contributed by atoms with Crippen LogP contribution >= 0.6 is 0 Å². The fourth-order valence-corrected chi connectivity index (χ4v) is 9.85. The van der Waals surface area contributed by atoms with Gasteiger partial charge in [0.2, 0.25) is 0 Å². The van der Waals surface area contributed by atoms with E-state index in [9.17, 15) is 0 Å². The number of rotatable bonds is 1. The Morgan fingerprint density at radius 3 is 2.61 bits per heavy atom. The number of hydrogen-bond donors (Lipinski definition) is 0. The molecule has 174 valence electrons. The molecule has 0 N–H and O–H groups in total. The normalized spacial score (nSPS) is 58.3. The molecule has 2 aliphatic heterocycles. The Balaban J connectivity index is 1.27. The molecule has 6 aliphatic rings. The smallest absolute Gasteiger partial charge is 0.171 e. The summed E-state index contributed by atoms with van der Waals surface area (Å²) < 4.78 is 19.2. The SMILES string of the molecule is CO[C@H]1CC[C@@]2(C)C(=CC[C@H]3[C@@H]4C[C@@H]5O[C@]6(CC[C@@H](C)CO6)[C@@H](C)[C@@H]5[C@@]4(C)CC[C@@H]32)C1. The lowest BCUT2D eigenvalue weighted by atomic mass is 9.47. The summed E-state index contributed by atoms with van der Waals surface area (Å²) in [6.07, 6.45) is 14.9. The molecule has 6 rings (SSSR count). The first-order chi connectivity index (χ1) is 14.8. The molecule has 1 spiro atoms. The fraction of sp³-hybridized carbons (Fsp3) is 0.929. The van der Waals surface area contributed by atoms with E-state index in [-0.39, 0.29) is 5.79 Å². The molecule has 0 aromatic rings. The number of ether oxygens (including phenoxy) is 3. The standard InChI is InChI=1S/C28H44O3/c1-17-8-13-28(30-16-17)18(2)25-24(31-28)15-23-21-7-6-19-14-20(29-5)9-11-26(19,3)22(21)10-12-27(23,25)4/h6,17-18,20-25H,7-16H2,1-5H3/t17-,18+,20+,21-,22+,23+,24+,25+,26+,27+,28-/m1/s1. The Bertz CT molecular complexity index is 751. The van der Waals surface area contributed by atoms with Crippen molar-refractivity contribution in [3.63, 3.8) is 0 Å². The van der Waals surface area contributed by atoms with Crippen LogP contribution in [0.4, 0.5) is 0 Å². The van der Waals surface area contributed by atoms with Gasteiger partial charge >= 0.3 is 0 Å². The van der Waals surface area contributed by atoms with Gasteiger partial charge in [0.1, 0.15) is 0 Å². The highest BCUT2D eigenvalue weighted by Gasteiger charge is 2.68. The predicted molar refractivity (Wildman–Crippen MR) is 122 cm³/mol. The molecule has 0 amide bonds. The lowest BCUT2D eigenvalue weighted by molar-refractivity contribution is -0.272. The second kappa shape index (κ2) is 7.06. The summed E-state index contributed by atoms with van der Waals surface area (Å²) in [6, 6.07) is 0. The van der Waals surface area contributed by atoms with E-state index in [0.717, 1.165) is 30.8 Å². The van der Waals surface area contributed by atoms with Crippen LogP contribution in [0.2, 0.25) is 0 Å². The molecular weight excluding hydrogens is 384 g/mol. The third kappa shape index (κ3) is 2.81. The maximum Gasteiger partial charge on any atom is 0.171 e. The van der Waals surface area contributed by atoms with Crippen molar-refractivity contribution >= 4 is 0 Å². The zero-order chi connectivity index (χ0) is 21.6. The van der Waals surface area contributed by atoms with Gasteiger partial charge in [0.05, 0.1) is 18.8 Å². The van der Waals surface area contributed by atoms with Crippen molar-refractivity contribution in [1.82, 2.24) is 0 Å². The largest absolute Gasteiger partial charge is 0.381 e. The molecule has 11 atom stereocenters. The van der Waals surface area contributed by atoms with Crippen LogP contribution in [0.5, 0.6) is 0 Å². The Morgan fingerprint density at radius 2 is 1.87 bits per heavy atom. The molecule has 3 heteroatoms.